The Balaban J connectivity index is 1.93. The molecule has 0 aliphatic carbocycles. The predicted octanol–water partition coefficient (Wildman–Crippen LogP) is 1.07. The van der Waals surface area contributed by atoms with Gasteiger partial charge in [-0.2, -0.15) is 0 Å². The maximum absolute atomic E-state index is 11.4. The SMILES string of the molecule is CC1CNCC(C)CN(C2CCS(=O)CC2)C1. The van der Waals surface area contributed by atoms with Crippen molar-refractivity contribution in [3.63, 3.8) is 0 Å². The highest BCUT2D eigenvalue weighted by Gasteiger charge is 2.27. The van der Waals surface area contributed by atoms with Crippen LogP contribution in [0.15, 0.2) is 0 Å². The largest absolute Gasteiger partial charge is 0.316 e. The summed E-state index contributed by atoms with van der Waals surface area (Å²) in [4.78, 5) is 2.67. The average molecular weight is 258 g/mol. The standard InChI is InChI=1S/C13H26N2OS/c1-11-7-14-8-12(2)10-15(9-11)13-3-5-17(16)6-4-13/h11-14H,3-10H2,1-2H3. The summed E-state index contributed by atoms with van der Waals surface area (Å²) in [5, 5.41) is 3.54. The fourth-order valence-corrected chi connectivity index (χ4v) is 4.30. The lowest BCUT2D eigenvalue weighted by molar-refractivity contribution is 0.126. The Hall–Kier alpha value is 0.0700. The summed E-state index contributed by atoms with van der Waals surface area (Å²) in [5.74, 6) is 3.30. The molecule has 2 unspecified atom stereocenters. The van der Waals surface area contributed by atoms with Gasteiger partial charge in [0.05, 0.1) is 0 Å². The molecule has 2 saturated heterocycles. The zero-order valence-corrected chi connectivity index (χ0v) is 12.0. The molecular formula is C13H26N2OS. The maximum atomic E-state index is 11.4. The van der Waals surface area contributed by atoms with Crippen LogP contribution < -0.4 is 5.32 Å². The van der Waals surface area contributed by atoms with E-state index in [1.807, 2.05) is 0 Å². The minimum atomic E-state index is -0.530. The molecule has 17 heavy (non-hydrogen) atoms. The van der Waals surface area contributed by atoms with Crippen LogP contribution in [0.25, 0.3) is 0 Å². The lowest BCUT2D eigenvalue weighted by atomic mass is 10.0. The molecule has 3 nitrogen and oxygen atoms in total. The van der Waals surface area contributed by atoms with Crippen molar-refractivity contribution in [1.82, 2.24) is 10.2 Å². The Morgan fingerprint density at radius 2 is 1.59 bits per heavy atom. The van der Waals surface area contributed by atoms with Gasteiger partial charge in [-0.25, -0.2) is 0 Å². The molecule has 0 amide bonds. The number of hydrogen-bond donors (Lipinski definition) is 1. The van der Waals surface area contributed by atoms with Crippen molar-refractivity contribution in [2.24, 2.45) is 11.8 Å². The van der Waals surface area contributed by atoms with E-state index >= 15 is 0 Å². The first-order chi connectivity index (χ1) is 8.15. The Kier molecular flexibility index (Phi) is 5.00. The monoisotopic (exact) mass is 258 g/mol. The van der Waals surface area contributed by atoms with Crippen molar-refractivity contribution >= 4 is 10.8 Å². The van der Waals surface area contributed by atoms with Gasteiger partial charge < -0.3 is 5.32 Å². The summed E-state index contributed by atoms with van der Waals surface area (Å²) in [7, 11) is -0.530. The van der Waals surface area contributed by atoms with E-state index in [0.717, 1.165) is 49.3 Å². The molecule has 2 aliphatic rings. The lowest BCUT2D eigenvalue weighted by Gasteiger charge is -2.39. The second kappa shape index (κ2) is 6.30. The van der Waals surface area contributed by atoms with E-state index in [2.05, 4.69) is 24.1 Å². The molecule has 0 aromatic heterocycles. The van der Waals surface area contributed by atoms with E-state index < -0.39 is 10.8 Å². The first-order valence-corrected chi connectivity index (χ1v) is 8.43. The Morgan fingerprint density at radius 1 is 1.06 bits per heavy atom. The topological polar surface area (TPSA) is 32.3 Å². The van der Waals surface area contributed by atoms with E-state index in [1.165, 1.54) is 13.1 Å². The number of rotatable bonds is 1. The van der Waals surface area contributed by atoms with Crippen molar-refractivity contribution in [3.05, 3.63) is 0 Å². The molecule has 0 radical (unpaired) electrons. The molecular weight excluding hydrogens is 232 g/mol. The van der Waals surface area contributed by atoms with Crippen LogP contribution in [0, 0.1) is 11.8 Å². The highest BCUT2D eigenvalue weighted by Crippen LogP contribution is 2.19. The van der Waals surface area contributed by atoms with Crippen molar-refractivity contribution in [2.45, 2.75) is 32.7 Å². The predicted molar refractivity (Wildman–Crippen MR) is 73.7 cm³/mol. The lowest BCUT2D eigenvalue weighted by Crippen LogP contribution is -2.48. The molecule has 1 N–H and O–H groups in total. The van der Waals surface area contributed by atoms with Crippen LogP contribution >= 0.6 is 0 Å². The molecule has 2 fully saturated rings. The van der Waals surface area contributed by atoms with Crippen LogP contribution in [0.4, 0.5) is 0 Å². The molecule has 0 aromatic carbocycles. The molecule has 2 atom stereocenters. The van der Waals surface area contributed by atoms with Crippen molar-refractivity contribution in [2.75, 3.05) is 37.7 Å². The summed E-state index contributed by atoms with van der Waals surface area (Å²) in [6, 6.07) is 0.690. The van der Waals surface area contributed by atoms with E-state index in [4.69, 9.17) is 0 Å². The van der Waals surface area contributed by atoms with Gasteiger partial charge in [0, 0.05) is 41.4 Å². The van der Waals surface area contributed by atoms with E-state index in [1.54, 1.807) is 0 Å². The molecule has 4 heteroatoms. The van der Waals surface area contributed by atoms with E-state index in [9.17, 15) is 4.21 Å². The zero-order valence-electron chi connectivity index (χ0n) is 11.2. The Bertz CT molecular complexity index is 250. The molecule has 2 rings (SSSR count). The molecule has 0 aromatic rings. The average Bonchev–Trinajstić information content (AvgIpc) is 2.27. The van der Waals surface area contributed by atoms with Crippen LogP contribution in [0.1, 0.15) is 26.7 Å². The Labute approximate surface area is 108 Å². The van der Waals surface area contributed by atoms with Gasteiger partial charge in [-0.1, -0.05) is 13.8 Å². The number of nitrogens with one attached hydrogen (secondary N) is 1. The van der Waals surface area contributed by atoms with Crippen molar-refractivity contribution in [1.29, 1.82) is 0 Å². The molecule has 0 bridgehead atoms. The highest BCUT2D eigenvalue weighted by atomic mass is 32.2. The van der Waals surface area contributed by atoms with Crippen LogP contribution in [0.5, 0.6) is 0 Å². The third-order valence-electron chi connectivity index (χ3n) is 3.95. The second-order valence-corrected chi connectivity index (χ2v) is 7.60. The van der Waals surface area contributed by atoms with Gasteiger partial charge >= 0.3 is 0 Å². The van der Waals surface area contributed by atoms with E-state index in [-0.39, 0.29) is 0 Å². The quantitative estimate of drug-likeness (QED) is 0.764. The van der Waals surface area contributed by atoms with Crippen molar-refractivity contribution in [3.8, 4) is 0 Å². The molecule has 2 heterocycles. The van der Waals surface area contributed by atoms with Gasteiger partial charge in [0.2, 0.25) is 0 Å². The summed E-state index contributed by atoms with van der Waals surface area (Å²) in [6.45, 7) is 9.34. The maximum Gasteiger partial charge on any atom is 0.0249 e. The Morgan fingerprint density at radius 3 is 2.12 bits per heavy atom. The van der Waals surface area contributed by atoms with Gasteiger partial charge in [0.15, 0.2) is 0 Å². The van der Waals surface area contributed by atoms with Crippen LogP contribution in [-0.2, 0) is 10.8 Å². The fraction of sp³-hybridized carbons (Fsp3) is 1.00. The smallest absolute Gasteiger partial charge is 0.0249 e. The fourth-order valence-electron chi connectivity index (χ4n) is 3.03. The molecule has 0 saturated carbocycles. The van der Waals surface area contributed by atoms with Crippen LogP contribution in [0.2, 0.25) is 0 Å². The minimum Gasteiger partial charge on any atom is -0.316 e. The molecule has 100 valence electrons. The van der Waals surface area contributed by atoms with E-state index in [0.29, 0.717) is 6.04 Å². The van der Waals surface area contributed by atoms with Gasteiger partial charge in [0.25, 0.3) is 0 Å². The molecule has 0 spiro atoms. The minimum absolute atomic E-state index is 0.530. The second-order valence-electron chi connectivity index (χ2n) is 5.90. The van der Waals surface area contributed by atoms with Gasteiger partial charge in [-0.15, -0.1) is 0 Å². The summed E-state index contributed by atoms with van der Waals surface area (Å²) >= 11 is 0. The van der Waals surface area contributed by atoms with Crippen molar-refractivity contribution < 1.29 is 4.21 Å². The summed E-state index contributed by atoms with van der Waals surface area (Å²) in [5.41, 5.74) is 0. The third kappa shape index (κ3) is 4.04. The first-order valence-electron chi connectivity index (χ1n) is 6.95. The third-order valence-corrected chi connectivity index (χ3v) is 5.33. The van der Waals surface area contributed by atoms with Crippen LogP contribution in [-0.4, -0.2) is 52.8 Å². The van der Waals surface area contributed by atoms with Gasteiger partial charge in [0.1, 0.15) is 0 Å². The summed E-state index contributed by atoms with van der Waals surface area (Å²) < 4.78 is 11.4. The molecule has 2 aliphatic heterocycles. The highest BCUT2D eigenvalue weighted by molar-refractivity contribution is 7.85. The zero-order chi connectivity index (χ0) is 12.3. The van der Waals surface area contributed by atoms with Gasteiger partial charge in [-0.3, -0.25) is 9.11 Å². The number of nitrogens with zero attached hydrogens (tertiary/aromatic N) is 1. The number of hydrogen-bond acceptors (Lipinski definition) is 3. The van der Waals surface area contributed by atoms with Crippen LogP contribution in [0.3, 0.4) is 0 Å². The van der Waals surface area contributed by atoms with Gasteiger partial charge in [-0.05, 0) is 37.8 Å². The summed E-state index contributed by atoms with van der Waals surface area (Å²) in [6.07, 6.45) is 2.28. The normalized spacial score (nSPS) is 41.8. The first kappa shape index (κ1) is 13.5.